The average molecular weight is 527 g/mol. The van der Waals surface area contributed by atoms with E-state index < -0.39 is 5.97 Å². The summed E-state index contributed by atoms with van der Waals surface area (Å²) in [6.45, 7) is 10.7. The van der Waals surface area contributed by atoms with Crippen molar-refractivity contribution in [2.24, 2.45) is 0 Å². The third kappa shape index (κ3) is 7.85. The van der Waals surface area contributed by atoms with Crippen molar-refractivity contribution in [1.82, 2.24) is 20.1 Å². The molecule has 2 heterocycles. The number of nitrogens with zero attached hydrogens (tertiary/aromatic N) is 3. The van der Waals surface area contributed by atoms with E-state index in [0.29, 0.717) is 12.3 Å². The number of hydrogen-bond donors (Lipinski definition) is 1. The Hall–Kier alpha value is -3.81. The molecule has 2 aromatic carbocycles. The van der Waals surface area contributed by atoms with E-state index in [1.165, 1.54) is 30.3 Å². The first-order valence-corrected chi connectivity index (χ1v) is 13.6. The van der Waals surface area contributed by atoms with E-state index in [9.17, 15) is 9.59 Å². The Morgan fingerprint density at radius 1 is 0.974 bits per heavy atom. The molecular formula is C32H38N4O3. The molecule has 0 spiro atoms. The summed E-state index contributed by atoms with van der Waals surface area (Å²) in [6.07, 6.45) is 5.67. The molecular weight excluding hydrogens is 488 g/mol. The van der Waals surface area contributed by atoms with Crippen LogP contribution in [0.15, 0.2) is 72.9 Å². The van der Waals surface area contributed by atoms with Crippen molar-refractivity contribution in [2.45, 2.75) is 33.2 Å². The number of hydrogen-bond acceptors (Lipinski definition) is 6. The summed E-state index contributed by atoms with van der Waals surface area (Å²) in [5.74, 6) is -0.137. The molecule has 3 aromatic rings. The molecule has 0 bridgehead atoms. The fraction of sp³-hybridized carbons (Fsp3) is 0.344. The predicted octanol–water partition coefficient (Wildman–Crippen LogP) is 4.55. The monoisotopic (exact) mass is 526 g/mol. The van der Waals surface area contributed by atoms with Crippen molar-refractivity contribution < 1.29 is 14.3 Å². The van der Waals surface area contributed by atoms with Gasteiger partial charge in [0, 0.05) is 62.5 Å². The van der Waals surface area contributed by atoms with Crippen LogP contribution in [0.25, 0.3) is 6.08 Å². The zero-order chi connectivity index (χ0) is 27.6. The number of nitrogens with one attached hydrogen (secondary N) is 1. The summed E-state index contributed by atoms with van der Waals surface area (Å²) in [5.41, 5.74) is 4.99. The third-order valence-corrected chi connectivity index (χ3v) is 7.15. The maximum Gasteiger partial charge on any atom is 0.308 e. The minimum Gasteiger partial charge on any atom is -0.425 e. The molecule has 39 heavy (non-hydrogen) atoms. The van der Waals surface area contributed by atoms with Crippen molar-refractivity contribution >= 4 is 18.0 Å². The van der Waals surface area contributed by atoms with Crippen molar-refractivity contribution in [3.8, 4) is 5.75 Å². The Kier molecular flexibility index (Phi) is 10.00. The van der Waals surface area contributed by atoms with E-state index in [-0.39, 0.29) is 11.9 Å². The van der Waals surface area contributed by atoms with Crippen LogP contribution in [0.3, 0.4) is 0 Å². The first kappa shape index (κ1) is 28.2. The number of esters is 1. The van der Waals surface area contributed by atoms with Crippen LogP contribution in [0.4, 0.5) is 0 Å². The molecule has 1 aromatic heterocycles. The second-order valence-electron chi connectivity index (χ2n) is 9.92. The number of benzene rings is 2. The number of aryl methyl sites for hydroxylation is 1. The van der Waals surface area contributed by atoms with Crippen molar-refractivity contribution in [1.29, 1.82) is 0 Å². The number of piperazine rings is 1. The van der Waals surface area contributed by atoms with Crippen LogP contribution in [0.2, 0.25) is 0 Å². The van der Waals surface area contributed by atoms with Gasteiger partial charge >= 0.3 is 5.97 Å². The number of ether oxygens (including phenoxy) is 1. The fourth-order valence-electron chi connectivity index (χ4n) is 5.09. The van der Waals surface area contributed by atoms with Crippen LogP contribution in [-0.2, 0) is 9.59 Å². The summed E-state index contributed by atoms with van der Waals surface area (Å²) >= 11 is 0. The molecule has 0 unspecified atom stereocenters. The number of amides is 1. The number of carbonyl (C=O) groups excluding carboxylic acids is 2. The van der Waals surface area contributed by atoms with Gasteiger partial charge in [0.05, 0.1) is 12.2 Å². The number of pyridine rings is 1. The van der Waals surface area contributed by atoms with Gasteiger partial charge in [-0.1, -0.05) is 60.7 Å². The minimum atomic E-state index is -0.398. The molecule has 1 N–H and O–H groups in total. The highest BCUT2D eigenvalue weighted by Gasteiger charge is 2.26. The van der Waals surface area contributed by atoms with Gasteiger partial charge in [0.15, 0.2) is 5.75 Å². The van der Waals surface area contributed by atoms with E-state index in [1.54, 1.807) is 6.08 Å². The zero-order valence-electron chi connectivity index (χ0n) is 23.1. The van der Waals surface area contributed by atoms with Crippen LogP contribution in [0.1, 0.15) is 47.3 Å². The summed E-state index contributed by atoms with van der Waals surface area (Å²) < 4.78 is 5.21. The van der Waals surface area contributed by atoms with Crippen LogP contribution < -0.4 is 10.1 Å². The van der Waals surface area contributed by atoms with E-state index in [4.69, 9.17) is 4.74 Å². The maximum atomic E-state index is 12.4. The molecule has 7 nitrogen and oxygen atoms in total. The fourth-order valence-corrected chi connectivity index (χ4v) is 5.09. The van der Waals surface area contributed by atoms with Gasteiger partial charge in [-0.15, -0.1) is 0 Å². The quantitative estimate of drug-likeness (QED) is 0.237. The molecule has 0 saturated carbocycles. The SMILES string of the molecule is CC(=O)Oc1cnc(C)c(/C=C/C(=O)NCCCN2CCN(C(c3ccccc3)c3ccccc3)CC2)c1C. The maximum absolute atomic E-state index is 12.4. The van der Waals surface area contributed by atoms with Gasteiger partial charge < -0.3 is 15.0 Å². The number of aromatic nitrogens is 1. The molecule has 1 aliphatic rings. The highest BCUT2D eigenvalue weighted by molar-refractivity contribution is 5.92. The predicted molar refractivity (Wildman–Crippen MR) is 154 cm³/mol. The summed E-state index contributed by atoms with van der Waals surface area (Å²) in [6, 6.07) is 21.7. The highest BCUT2D eigenvalue weighted by atomic mass is 16.5. The van der Waals surface area contributed by atoms with Gasteiger partial charge in [0.1, 0.15) is 0 Å². The molecule has 1 aliphatic heterocycles. The van der Waals surface area contributed by atoms with Crippen LogP contribution >= 0.6 is 0 Å². The van der Waals surface area contributed by atoms with Gasteiger partial charge in [-0.25, -0.2) is 0 Å². The van der Waals surface area contributed by atoms with Gasteiger partial charge in [-0.05, 0) is 44.0 Å². The lowest BCUT2D eigenvalue weighted by Gasteiger charge is -2.39. The molecule has 0 aliphatic carbocycles. The Balaban J connectivity index is 1.23. The first-order valence-electron chi connectivity index (χ1n) is 13.6. The second-order valence-corrected chi connectivity index (χ2v) is 9.92. The van der Waals surface area contributed by atoms with Crippen LogP contribution in [0, 0.1) is 13.8 Å². The lowest BCUT2D eigenvalue weighted by molar-refractivity contribution is -0.132. The zero-order valence-corrected chi connectivity index (χ0v) is 23.1. The minimum absolute atomic E-state index is 0.148. The van der Waals surface area contributed by atoms with Crippen molar-refractivity contribution in [3.05, 3.63) is 101 Å². The summed E-state index contributed by atoms with van der Waals surface area (Å²) in [7, 11) is 0. The number of carbonyl (C=O) groups is 2. The van der Waals surface area contributed by atoms with E-state index in [2.05, 4.69) is 80.8 Å². The van der Waals surface area contributed by atoms with E-state index >= 15 is 0 Å². The lowest BCUT2D eigenvalue weighted by Crippen LogP contribution is -2.48. The van der Waals surface area contributed by atoms with Gasteiger partial charge in [0.25, 0.3) is 0 Å². The molecule has 1 saturated heterocycles. The van der Waals surface area contributed by atoms with Crippen LogP contribution in [0.5, 0.6) is 5.75 Å². The Morgan fingerprint density at radius 3 is 2.18 bits per heavy atom. The van der Waals surface area contributed by atoms with Crippen LogP contribution in [-0.4, -0.2) is 65.9 Å². The Bertz CT molecular complexity index is 1230. The molecule has 204 valence electrons. The van der Waals surface area contributed by atoms with Gasteiger partial charge in [-0.2, -0.15) is 0 Å². The molecule has 1 amide bonds. The topological polar surface area (TPSA) is 74.8 Å². The van der Waals surface area contributed by atoms with Gasteiger partial charge in [0.2, 0.25) is 5.91 Å². The van der Waals surface area contributed by atoms with Crippen molar-refractivity contribution in [2.75, 3.05) is 39.3 Å². The number of rotatable bonds is 10. The molecule has 7 heteroatoms. The normalized spacial score (nSPS) is 14.6. The molecule has 1 fully saturated rings. The first-order chi connectivity index (χ1) is 18.9. The third-order valence-electron chi connectivity index (χ3n) is 7.15. The molecule has 4 rings (SSSR count). The van der Waals surface area contributed by atoms with Gasteiger partial charge in [-0.3, -0.25) is 19.5 Å². The molecule has 0 atom stereocenters. The molecule has 0 radical (unpaired) electrons. The summed E-state index contributed by atoms with van der Waals surface area (Å²) in [5, 5.41) is 2.98. The largest absolute Gasteiger partial charge is 0.425 e. The lowest BCUT2D eigenvalue weighted by atomic mass is 9.96. The Labute approximate surface area is 231 Å². The van der Waals surface area contributed by atoms with Crippen molar-refractivity contribution in [3.63, 3.8) is 0 Å². The summed E-state index contributed by atoms with van der Waals surface area (Å²) in [4.78, 5) is 33.1. The highest BCUT2D eigenvalue weighted by Crippen LogP contribution is 2.29. The standard InChI is InChI=1S/C32H38N4O3/c1-24-29(25(2)34-23-30(24)39-26(3)37)15-16-31(38)33-17-10-18-35-19-21-36(22-20-35)32(27-11-6-4-7-12-27)28-13-8-5-9-14-28/h4-9,11-16,23,32H,10,17-22H2,1-3H3,(H,33,38)/b16-15+. The second kappa shape index (κ2) is 13.8. The smallest absolute Gasteiger partial charge is 0.308 e. The Morgan fingerprint density at radius 2 is 1.59 bits per heavy atom. The average Bonchev–Trinajstić information content (AvgIpc) is 2.94. The van der Waals surface area contributed by atoms with E-state index in [1.807, 2.05) is 13.8 Å². The van der Waals surface area contributed by atoms with E-state index in [0.717, 1.165) is 56.0 Å².